The molecule has 0 spiro atoms. The normalized spacial score (nSPS) is 11.3. The fraction of sp³-hybridized carbons (Fsp3) is 0.375. The van der Waals surface area contributed by atoms with Crippen molar-refractivity contribution in [3.05, 3.63) is 50.1 Å². The molecule has 1 heterocycles. The number of benzene rings is 1. The van der Waals surface area contributed by atoms with Crippen LogP contribution < -0.4 is 10.6 Å². The maximum Gasteiger partial charge on any atom is 0.191 e. The molecule has 0 saturated carbocycles. The Kier molecular flexibility index (Phi) is 9.14. The fourth-order valence-corrected chi connectivity index (χ4v) is 3.03. The van der Waals surface area contributed by atoms with Crippen LogP contribution in [0.25, 0.3) is 0 Å². The van der Waals surface area contributed by atoms with E-state index in [1.807, 2.05) is 6.07 Å². The number of hydrogen-bond acceptors (Lipinski definition) is 3. The van der Waals surface area contributed by atoms with E-state index < -0.39 is 0 Å². The molecule has 0 amide bonds. The van der Waals surface area contributed by atoms with Crippen LogP contribution in [0.1, 0.15) is 36.0 Å². The summed E-state index contributed by atoms with van der Waals surface area (Å²) in [4.78, 5) is 8.74. The van der Waals surface area contributed by atoms with Crippen LogP contribution in [0.4, 0.5) is 4.39 Å². The maximum atomic E-state index is 13.5. The molecule has 0 radical (unpaired) electrons. The minimum atomic E-state index is -0.267. The first kappa shape index (κ1) is 21.3. The van der Waals surface area contributed by atoms with Crippen LogP contribution in [0.5, 0.6) is 0 Å². The molecule has 0 bridgehead atoms. The molecule has 24 heavy (non-hydrogen) atoms. The van der Waals surface area contributed by atoms with E-state index in [0.29, 0.717) is 29.4 Å². The smallest absolute Gasteiger partial charge is 0.191 e. The van der Waals surface area contributed by atoms with Crippen molar-refractivity contribution in [3.8, 4) is 0 Å². The monoisotopic (exact) mass is 526 g/mol. The lowest BCUT2D eigenvalue weighted by atomic mass is 10.2. The summed E-state index contributed by atoms with van der Waals surface area (Å²) in [6, 6.07) is 5.06. The van der Waals surface area contributed by atoms with Crippen molar-refractivity contribution in [1.29, 1.82) is 0 Å². The number of nitrogens with one attached hydrogen (secondary N) is 2. The average Bonchev–Trinajstić information content (AvgIpc) is 3.00. The van der Waals surface area contributed by atoms with Gasteiger partial charge in [0.1, 0.15) is 10.8 Å². The third-order valence-corrected chi connectivity index (χ3v) is 4.75. The van der Waals surface area contributed by atoms with E-state index in [1.165, 1.54) is 6.07 Å². The van der Waals surface area contributed by atoms with Gasteiger partial charge in [0.15, 0.2) is 5.96 Å². The van der Waals surface area contributed by atoms with Crippen molar-refractivity contribution >= 4 is 57.2 Å². The number of aromatic nitrogens is 1. The summed E-state index contributed by atoms with van der Waals surface area (Å²) in [5.74, 6) is 0.829. The maximum absolute atomic E-state index is 13.5. The van der Waals surface area contributed by atoms with E-state index in [9.17, 15) is 4.39 Å². The molecule has 0 aliphatic heterocycles. The molecule has 0 unspecified atom stereocenters. The molecule has 1 aromatic heterocycles. The number of aliphatic imine (C=N–C) groups is 1. The van der Waals surface area contributed by atoms with Gasteiger partial charge in [0.2, 0.25) is 0 Å². The zero-order valence-electron chi connectivity index (χ0n) is 13.8. The molecule has 8 heteroatoms. The first-order valence-corrected chi connectivity index (χ1v) is 8.99. The van der Waals surface area contributed by atoms with E-state index in [-0.39, 0.29) is 29.8 Å². The highest BCUT2D eigenvalue weighted by Crippen LogP contribution is 2.18. The largest absolute Gasteiger partial charge is 0.352 e. The highest BCUT2D eigenvalue weighted by Gasteiger charge is 2.07. The molecule has 2 rings (SSSR count). The molecule has 132 valence electrons. The number of thiazole rings is 1. The summed E-state index contributed by atoms with van der Waals surface area (Å²) in [6.45, 7) is 5.37. The first-order valence-electron chi connectivity index (χ1n) is 7.32. The summed E-state index contributed by atoms with van der Waals surface area (Å²) < 4.78 is 14.0. The van der Waals surface area contributed by atoms with Gasteiger partial charge in [0.25, 0.3) is 0 Å². The second kappa shape index (κ2) is 10.3. The summed E-state index contributed by atoms with van der Waals surface area (Å²) in [5, 5.41) is 9.49. The molecule has 2 aromatic rings. The molecule has 4 nitrogen and oxygen atoms in total. The predicted octanol–water partition coefficient (Wildman–Crippen LogP) is 4.65. The molecule has 0 aliphatic rings. The second-order valence-electron chi connectivity index (χ2n) is 5.35. The van der Waals surface area contributed by atoms with E-state index in [1.54, 1.807) is 24.5 Å². The van der Waals surface area contributed by atoms with E-state index >= 15 is 0 Å². The predicted molar refractivity (Wildman–Crippen MR) is 113 cm³/mol. The Bertz CT molecular complexity index is 690. The number of guanidine groups is 1. The highest BCUT2D eigenvalue weighted by molar-refractivity contribution is 14.0. The number of hydrogen-bond donors (Lipinski definition) is 2. The van der Waals surface area contributed by atoms with Crippen LogP contribution in [0, 0.1) is 5.82 Å². The van der Waals surface area contributed by atoms with Gasteiger partial charge in [-0.2, -0.15) is 0 Å². The molecule has 0 atom stereocenters. The quantitative estimate of drug-likeness (QED) is 0.338. The van der Waals surface area contributed by atoms with Gasteiger partial charge in [0, 0.05) is 19.0 Å². The molecule has 0 fully saturated rings. The van der Waals surface area contributed by atoms with Crippen molar-refractivity contribution < 1.29 is 4.39 Å². The van der Waals surface area contributed by atoms with Gasteiger partial charge in [-0.1, -0.05) is 19.9 Å². The molecule has 2 N–H and O–H groups in total. The lowest BCUT2D eigenvalue weighted by molar-refractivity contribution is 0.617. The van der Waals surface area contributed by atoms with Gasteiger partial charge in [0.05, 0.1) is 16.7 Å². The van der Waals surface area contributed by atoms with Crippen molar-refractivity contribution in [1.82, 2.24) is 15.6 Å². The van der Waals surface area contributed by atoms with E-state index in [0.717, 1.165) is 16.3 Å². The Hall–Kier alpha value is -0.740. The minimum absolute atomic E-state index is 0. The lowest BCUT2D eigenvalue weighted by Gasteiger charge is -2.11. The first-order chi connectivity index (χ1) is 11.0. The van der Waals surface area contributed by atoms with Crippen molar-refractivity contribution in [2.24, 2.45) is 4.99 Å². The number of halogens is 3. The van der Waals surface area contributed by atoms with E-state index in [4.69, 9.17) is 0 Å². The zero-order valence-corrected chi connectivity index (χ0v) is 18.5. The molecule has 0 aliphatic carbocycles. The van der Waals surface area contributed by atoms with Gasteiger partial charge in [-0.15, -0.1) is 35.3 Å². The summed E-state index contributed by atoms with van der Waals surface area (Å²) in [5.41, 5.74) is 1.96. The van der Waals surface area contributed by atoms with Crippen LogP contribution in [-0.2, 0) is 13.1 Å². The molecule has 1 aromatic carbocycles. The molecule has 0 saturated heterocycles. The van der Waals surface area contributed by atoms with Crippen molar-refractivity contribution in [2.45, 2.75) is 32.9 Å². The molecular weight excluding hydrogens is 506 g/mol. The van der Waals surface area contributed by atoms with Crippen molar-refractivity contribution in [3.63, 3.8) is 0 Å². The standard InChI is InChI=1S/C16H20BrFN4S.HI/c1-10(2)14-9-23-15(22-14)8-21-16(19-3)20-7-11-4-5-12(17)13(18)6-11;/h4-6,9-10H,7-8H2,1-3H3,(H2,19,20,21);1H. The topological polar surface area (TPSA) is 49.3 Å². The highest BCUT2D eigenvalue weighted by atomic mass is 127. The van der Waals surface area contributed by atoms with Gasteiger partial charge in [-0.3, -0.25) is 4.99 Å². The third-order valence-electron chi connectivity index (χ3n) is 3.24. The van der Waals surface area contributed by atoms with Crippen LogP contribution in [0.2, 0.25) is 0 Å². The fourth-order valence-electron chi connectivity index (χ4n) is 1.89. The summed E-state index contributed by atoms with van der Waals surface area (Å²) in [6.07, 6.45) is 0. The average molecular weight is 527 g/mol. The van der Waals surface area contributed by atoms with Crippen LogP contribution in [0.3, 0.4) is 0 Å². The minimum Gasteiger partial charge on any atom is -0.352 e. The Morgan fingerprint density at radius 3 is 2.62 bits per heavy atom. The Labute approximate surface area is 171 Å². The Morgan fingerprint density at radius 2 is 2.04 bits per heavy atom. The summed E-state index contributed by atoms with van der Waals surface area (Å²) in [7, 11) is 1.71. The van der Waals surface area contributed by atoms with Gasteiger partial charge in [-0.05, 0) is 39.5 Å². The van der Waals surface area contributed by atoms with Crippen LogP contribution in [0.15, 0.2) is 33.0 Å². The van der Waals surface area contributed by atoms with Crippen LogP contribution >= 0.6 is 51.2 Å². The Morgan fingerprint density at radius 1 is 1.33 bits per heavy atom. The zero-order chi connectivity index (χ0) is 16.8. The van der Waals surface area contributed by atoms with Gasteiger partial charge >= 0.3 is 0 Å². The van der Waals surface area contributed by atoms with E-state index in [2.05, 4.69) is 55.8 Å². The number of nitrogens with zero attached hydrogens (tertiary/aromatic N) is 2. The lowest BCUT2D eigenvalue weighted by Crippen LogP contribution is -2.36. The van der Waals surface area contributed by atoms with Crippen molar-refractivity contribution in [2.75, 3.05) is 7.05 Å². The van der Waals surface area contributed by atoms with Gasteiger partial charge in [-0.25, -0.2) is 9.37 Å². The van der Waals surface area contributed by atoms with Gasteiger partial charge < -0.3 is 10.6 Å². The molecular formula is C16H21BrFIN4S. The second-order valence-corrected chi connectivity index (χ2v) is 7.15. The third kappa shape index (κ3) is 6.29. The number of rotatable bonds is 5. The Balaban J connectivity index is 0.00000288. The SMILES string of the molecule is CN=C(NCc1ccc(Br)c(F)c1)NCc1nc(C(C)C)cs1.I. The summed E-state index contributed by atoms with van der Waals surface area (Å²) >= 11 is 4.79. The van der Waals surface area contributed by atoms with Crippen LogP contribution in [-0.4, -0.2) is 18.0 Å².